The zero-order chi connectivity index (χ0) is 6.69. The topological polar surface area (TPSA) is 38.3 Å². The molecule has 1 aliphatic rings. The van der Waals surface area contributed by atoms with Crippen LogP contribution in [0.25, 0.3) is 0 Å². The highest BCUT2D eigenvalue weighted by Gasteiger charge is 2.10. The van der Waals surface area contributed by atoms with E-state index in [1.165, 1.54) is 0 Å². The summed E-state index contributed by atoms with van der Waals surface area (Å²) >= 11 is 0. The summed E-state index contributed by atoms with van der Waals surface area (Å²) < 4.78 is 5.09. The number of amides is 1. The number of nitrogens with one attached hydrogen (secondary N) is 1. The maximum absolute atomic E-state index is 10.7. The van der Waals surface area contributed by atoms with Gasteiger partial charge in [-0.15, -0.1) is 0 Å². The Morgan fingerprint density at radius 1 is 1.78 bits per heavy atom. The molecule has 1 atom stereocenters. The van der Waals surface area contributed by atoms with E-state index >= 15 is 0 Å². The van der Waals surface area contributed by atoms with Crippen molar-refractivity contribution < 1.29 is 9.53 Å². The van der Waals surface area contributed by atoms with Crippen molar-refractivity contribution >= 4 is 5.91 Å². The molecule has 0 saturated carbocycles. The van der Waals surface area contributed by atoms with Crippen LogP contribution < -0.4 is 5.32 Å². The van der Waals surface area contributed by atoms with E-state index in [9.17, 15) is 4.79 Å². The Morgan fingerprint density at radius 2 is 2.56 bits per heavy atom. The molecule has 3 heteroatoms. The lowest BCUT2D eigenvalue weighted by Gasteiger charge is -2.06. The van der Waals surface area contributed by atoms with Crippen molar-refractivity contribution in [3.05, 3.63) is 0 Å². The van der Waals surface area contributed by atoms with Crippen LogP contribution in [-0.2, 0) is 9.53 Å². The number of hydrogen-bond acceptors (Lipinski definition) is 2. The number of carbonyl (C=O) groups excluding carboxylic acids is 1. The van der Waals surface area contributed by atoms with Crippen LogP contribution in [0.2, 0.25) is 0 Å². The molecule has 0 spiro atoms. The second-order valence-corrected chi connectivity index (χ2v) is 2.29. The third kappa shape index (κ3) is 2.01. The summed E-state index contributed by atoms with van der Waals surface area (Å²) in [5.74, 6) is 0.0972. The average molecular weight is 129 g/mol. The first kappa shape index (κ1) is 6.55. The first-order valence-electron chi connectivity index (χ1n) is 3.16. The highest BCUT2D eigenvalue weighted by atomic mass is 16.5. The van der Waals surface area contributed by atoms with Gasteiger partial charge in [-0.25, -0.2) is 0 Å². The first-order valence-corrected chi connectivity index (χ1v) is 3.16. The highest BCUT2D eigenvalue weighted by molar-refractivity contribution is 5.76. The van der Waals surface area contributed by atoms with Crippen LogP contribution in [0.3, 0.4) is 0 Å². The zero-order valence-electron chi connectivity index (χ0n) is 5.52. The molecule has 1 aliphatic heterocycles. The molecular formula is C6H11NO2. The number of ether oxygens (including phenoxy) is 1. The highest BCUT2D eigenvalue weighted by Crippen LogP contribution is 1.93. The predicted molar refractivity (Wildman–Crippen MR) is 33.0 cm³/mol. The van der Waals surface area contributed by atoms with Gasteiger partial charge >= 0.3 is 0 Å². The van der Waals surface area contributed by atoms with Crippen molar-refractivity contribution in [2.24, 2.45) is 0 Å². The van der Waals surface area contributed by atoms with Gasteiger partial charge in [-0.1, -0.05) is 0 Å². The SMILES string of the molecule is C[C@@H]1COCCC(=O)N1. The van der Waals surface area contributed by atoms with Gasteiger partial charge in [0.1, 0.15) is 0 Å². The summed E-state index contributed by atoms with van der Waals surface area (Å²) in [7, 11) is 0. The lowest BCUT2D eigenvalue weighted by atomic mass is 10.3. The third-order valence-corrected chi connectivity index (χ3v) is 1.25. The van der Waals surface area contributed by atoms with Gasteiger partial charge in [0, 0.05) is 12.5 Å². The van der Waals surface area contributed by atoms with Crippen molar-refractivity contribution in [3.8, 4) is 0 Å². The molecule has 9 heavy (non-hydrogen) atoms. The molecule has 0 aromatic carbocycles. The summed E-state index contributed by atoms with van der Waals surface area (Å²) in [4.78, 5) is 10.7. The number of carbonyl (C=O) groups is 1. The Balaban J connectivity index is 2.37. The van der Waals surface area contributed by atoms with Crippen LogP contribution in [0.15, 0.2) is 0 Å². The Kier molecular flexibility index (Phi) is 2.05. The largest absolute Gasteiger partial charge is 0.379 e. The summed E-state index contributed by atoms with van der Waals surface area (Å²) in [5.41, 5.74) is 0. The lowest BCUT2D eigenvalue weighted by molar-refractivity contribution is -0.121. The van der Waals surface area contributed by atoms with Crippen molar-refractivity contribution in [1.29, 1.82) is 0 Å². The summed E-state index contributed by atoms with van der Waals surface area (Å²) in [6, 6.07) is 0.181. The molecule has 1 amide bonds. The van der Waals surface area contributed by atoms with Gasteiger partial charge in [0.05, 0.1) is 13.2 Å². The van der Waals surface area contributed by atoms with Crippen LogP contribution in [-0.4, -0.2) is 25.2 Å². The quantitative estimate of drug-likeness (QED) is 0.496. The van der Waals surface area contributed by atoms with E-state index < -0.39 is 0 Å². The van der Waals surface area contributed by atoms with E-state index in [1.54, 1.807) is 0 Å². The standard InChI is InChI=1S/C6H11NO2/c1-5-4-9-3-2-6(8)7-5/h5H,2-4H2,1H3,(H,7,8)/t5-/m1/s1. The summed E-state index contributed by atoms with van der Waals surface area (Å²) in [6.45, 7) is 3.14. The van der Waals surface area contributed by atoms with E-state index in [-0.39, 0.29) is 11.9 Å². The fourth-order valence-corrected chi connectivity index (χ4v) is 0.814. The van der Waals surface area contributed by atoms with Crippen molar-refractivity contribution in [2.75, 3.05) is 13.2 Å². The Bertz CT molecular complexity index is 114. The van der Waals surface area contributed by atoms with Gasteiger partial charge in [0.25, 0.3) is 0 Å². The molecule has 1 rings (SSSR count). The third-order valence-electron chi connectivity index (χ3n) is 1.25. The lowest BCUT2D eigenvalue weighted by Crippen LogP contribution is -2.32. The average Bonchev–Trinajstić information content (AvgIpc) is 1.93. The van der Waals surface area contributed by atoms with Crippen LogP contribution >= 0.6 is 0 Å². The van der Waals surface area contributed by atoms with E-state index in [4.69, 9.17) is 4.74 Å². The fourth-order valence-electron chi connectivity index (χ4n) is 0.814. The van der Waals surface area contributed by atoms with Gasteiger partial charge in [-0.2, -0.15) is 0 Å². The zero-order valence-corrected chi connectivity index (χ0v) is 5.52. The van der Waals surface area contributed by atoms with Gasteiger partial charge in [0.2, 0.25) is 5.91 Å². The normalized spacial score (nSPS) is 29.0. The number of hydrogen-bond donors (Lipinski definition) is 1. The van der Waals surface area contributed by atoms with Crippen molar-refractivity contribution in [1.82, 2.24) is 5.32 Å². The van der Waals surface area contributed by atoms with Crippen molar-refractivity contribution in [2.45, 2.75) is 19.4 Å². The molecule has 1 saturated heterocycles. The van der Waals surface area contributed by atoms with E-state index in [0.717, 1.165) is 0 Å². The molecule has 1 fully saturated rings. The fraction of sp³-hybridized carbons (Fsp3) is 0.833. The maximum Gasteiger partial charge on any atom is 0.222 e. The molecule has 0 bridgehead atoms. The number of rotatable bonds is 0. The molecule has 0 unspecified atom stereocenters. The monoisotopic (exact) mass is 129 g/mol. The Morgan fingerprint density at radius 3 is 3.33 bits per heavy atom. The van der Waals surface area contributed by atoms with Crippen LogP contribution in [0.5, 0.6) is 0 Å². The van der Waals surface area contributed by atoms with Gasteiger partial charge in [0.15, 0.2) is 0 Å². The molecule has 3 nitrogen and oxygen atoms in total. The minimum Gasteiger partial charge on any atom is -0.379 e. The molecule has 0 radical (unpaired) electrons. The second-order valence-electron chi connectivity index (χ2n) is 2.29. The van der Waals surface area contributed by atoms with E-state index in [0.29, 0.717) is 19.6 Å². The Hall–Kier alpha value is -0.570. The van der Waals surface area contributed by atoms with Crippen LogP contribution in [0.4, 0.5) is 0 Å². The first-order chi connectivity index (χ1) is 4.29. The molecule has 0 aromatic heterocycles. The minimum atomic E-state index is 0.0972. The van der Waals surface area contributed by atoms with Gasteiger partial charge in [-0.05, 0) is 6.92 Å². The predicted octanol–water partition coefficient (Wildman–Crippen LogP) is -0.0886. The van der Waals surface area contributed by atoms with Crippen LogP contribution in [0.1, 0.15) is 13.3 Å². The minimum absolute atomic E-state index is 0.0972. The molecule has 0 aromatic rings. The molecular weight excluding hydrogens is 118 g/mol. The molecule has 0 aliphatic carbocycles. The van der Waals surface area contributed by atoms with E-state index in [2.05, 4.69) is 5.32 Å². The molecule has 1 heterocycles. The van der Waals surface area contributed by atoms with Crippen LogP contribution in [0, 0.1) is 0 Å². The molecule has 1 N–H and O–H groups in total. The summed E-state index contributed by atoms with van der Waals surface area (Å²) in [5, 5.41) is 2.78. The smallest absolute Gasteiger partial charge is 0.222 e. The van der Waals surface area contributed by atoms with Gasteiger partial charge < -0.3 is 10.1 Å². The molecule has 52 valence electrons. The summed E-state index contributed by atoms with van der Waals surface area (Å²) in [6.07, 6.45) is 0.504. The maximum atomic E-state index is 10.7. The Labute approximate surface area is 54.4 Å². The van der Waals surface area contributed by atoms with E-state index in [1.807, 2.05) is 6.92 Å². The van der Waals surface area contributed by atoms with Gasteiger partial charge in [-0.3, -0.25) is 4.79 Å². The second kappa shape index (κ2) is 2.82. The van der Waals surface area contributed by atoms with Crippen molar-refractivity contribution in [3.63, 3.8) is 0 Å².